The maximum Gasteiger partial charge on any atom is 0.249 e. The topological polar surface area (TPSA) is 64.7 Å². The van der Waals surface area contributed by atoms with Gasteiger partial charge in [0.1, 0.15) is 5.82 Å². The van der Waals surface area contributed by atoms with E-state index in [2.05, 4.69) is 15.5 Å². The number of carbonyl (C=O) groups is 1. The van der Waals surface area contributed by atoms with Gasteiger partial charge in [-0.1, -0.05) is 18.2 Å². The molecule has 0 radical (unpaired) electrons. The molecule has 0 saturated heterocycles. The third kappa shape index (κ3) is 4.05. The second-order valence-electron chi connectivity index (χ2n) is 5.81. The zero-order valence-corrected chi connectivity index (χ0v) is 14.7. The molecule has 0 atom stereocenters. The Morgan fingerprint density at radius 3 is 2.85 bits per heavy atom. The fourth-order valence-electron chi connectivity index (χ4n) is 2.59. The van der Waals surface area contributed by atoms with Crippen LogP contribution in [-0.2, 0) is 17.9 Å². The Morgan fingerprint density at radius 2 is 2.12 bits per heavy atom. The van der Waals surface area contributed by atoms with E-state index in [9.17, 15) is 9.18 Å². The fraction of sp³-hybridized carbons (Fsp3) is 0.211. The molecule has 26 heavy (non-hydrogen) atoms. The van der Waals surface area contributed by atoms with Crippen molar-refractivity contribution in [1.82, 2.24) is 19.6 Å². The van der Waals surface area contributed by atoms with Gasteiger partial charge in [-0.3, -0.25) is 14.2 Å². The number of nitrogens with one attached hydrogen (secondary N) is 1. The van der Waals surface area contributed by atoms with E-state index < -0.39 is 0 Å². The molecule has 0 unspecified atom stereocenters. The van der Waals surface area contributed by atoms with Crippen molar-refractivity contribution in [3.05, 3.63) is 71.4 Å². The standard InChI is InChI=1S/C19H20FN5O/c1-3-25-14(2)15(12-21-25)8-9-19(26)22-18-10-11-24(23-18)13-16-6-4-5-7-17(16)20/h4-12H,3,13H2,1-2H3,(H,22,23,26)/b9-8+. The minimum Gasteiger partial charge on any atom is -0.306 e. The molecule has 1 aromatic carbocycles. The third-order valence-corrected chi connectivity index (χ3v) is 4.04. The zero-order valence-electron chi connectivity index (χ0n) is 14.7. The lowest BCUT2D eigenvalue weighted by atomic mass is 10.2. The number of aryl methyl sites for hydroxylation is 1. The predicted molar refractivity (Wildman–Crippen MR) is 98.0 cm³/mol. The molecule has 1 N–H and O–H groups in total. The molecular weight excluding hydrogens is 333 g/mol. The van der Waals surface area contributed by atoms with Gasteiger partial charge >= 0.3 is 0 Å². The molecular formula is C19H20FN5O. The number of hydrogen-bond donors (Lipinski definition) is 1. The second kappa shape index (κ2) is 7.77. The van der Waals surface area contributed by atoms with Gasteiger partial charge in [0.25, 0.3) is 0 Å². The number of amides is 1. The molecule has 3 rings (SSSR count). The molecule has 0 aliphatic carbocycles. The second-order valence-corrected chi connectivity index (χ2v) is 5.81. The molecule has 2 heterocycles. The Kier molecular flexibility index (Phi) is 5.26. The van der Waals surface area contributed by atoms with Gasteiger partial charge in [-0.15, -0.1) is 0 Å². The van der Waals surface area contributed by atoms with Gasteiger partial charge in [-0.05, 0) is 26.0 Å². The van der Waals surface area contributed by atoms with E-state index in [1.807, 2.05) is 18.5 Å². The van der Waals surface area contributed by atoms with E-state index in [0.29, 0.717) is 17.9 Å². The van der Waals surface area contributed by atoms with Crippen LogP contribution in [0, 0.1) is 12.7 Å². The first-order chi connectivity index (χ1) is 12.6. The van der Waals surface area contributed by atoms with E-state index >= 15 is 0 Å². The highest BCUT2D eigenvalue weighted by atomic mass is 19.1. The molecule has 6 nitrogen and oxygen atoms in total. The van der Waals surface area contributed by atoms with Crippen molar-refractivity contribution in [2.45, 2.75) is 26.9 Å². The van der Waals surface area contributed by atoms with Crippen LogP contribution in [0.4, 0.5) is 10.2 Å². The quantitative estimate of drug-likeness (QED) is 0.692. The van der Waals surface area contributed by atoms with Gasteiger partial charge in [0, 0.05) is 41.7 Å². The highest BCUT2D eigenvalue weighted by Gasteiger charge is 2.06. The largest absolute Gasteiger partial charge is 0.306 e. The number of nitrogens with zero attached hydrogens (tertiary/aromatic N) is 4. The summed E-state index contributed by atoms with van der Waals surface area (Å²) in [5.41, 5.74) is 2.44. The predicted octanol–water partition coefficient (Wildman–Crippen LogP) is 3.25. The monoisotopic (exact) mass is 353 g/mol. The maximum atomic E-state index is 13.7. The van der Waals surface area contributed by atoms with Gasteiger partial charge in [0.2, 0.25) is 5.91 Å². The molecule has 134 valence electrons. The lowest BCUT2D eigenvalue weighted by Gasteiger charge is -2.03. The summed E-state index contributed by atoms with van der Waals surface area (Å²) in [6.45, 7) is 5.05. The normalized spacial score (nSPS) is 11.2. The van der Waals surface area contributed by atoms with Gasteiger partial charge in [-0.2, -0.15) is 10.2 Å². The van der Waals surface area contributed by atoms with Crippen LogP contribution >= 0.6 is 0 Å². The molecule has 0 aliphatic rings. The van der Waals surface area contributed by atoms with Gasteiger partial charge in [0.05, 0.1) is 12.7 Å². The Hall–Kier alpha value is -3.22. The van der Waals surface area contributed by atoms with Crippen LogP contribution in [0.2, 0.25) is 0 Å². The van der Waals surface area contributed by atoms with Crippen LogP contribution in [0.5, 0.6) is 0 Å². The van der Waals surface area contributed by atoms with E-state index in [1.54, 1.807) is 47.4 Å². The lowest BCUT2D eigenvalue weighted by Crippen LogP contribution is -2.09. The highest BCUT2D eigenvalue weighted by molar-refractivity contribution is 6.01. The molecule has 7 heteroatoms. The average molecular weight is 353 g/mol. The number of carbonyl (C=O) groups excluding carboxylic acids is 1. The Balaban J connectivity index is 1.61. The van der Waals surface area contributed by atoms with Crippen LogP contribution in [0.3, 0.4) is 0 Å². The fourth-order valence-corrected chi connectivity index (χ4v) is 2.59. The minimum absolute atomic E-state index is 0.278. The number of aromatic nitrogens is 4. The number of anilines is 1. The van der Waals surface area contributed by atoms with Gasteiger partial charge in [-0.25, -0.2) is 4.39 Å². The molecule has 0 aliphatic heterocycles. The molecule has 0 fully saturated rings. The van der Waals surface area contributed by atoms with Crippen LogP contribution < -0.4 is 5.32 Å². The van der Waals surface area contributed by atoms with Crippen molar-refractivity contribution < 1.29 is 9.18 Å². The number of rotatable bonds is 6. The molecule has 0 spiro atoms. The zero-order chi connectivity index (χ0) is 18.5. The van der Waals surface area contributed by atoms with Crippen molar-refractivity contribution >= 4 is 17.8 Å². The van der Waals surface area contributed by atoms with Crippen LogP contribution in [0.15, 0.2) is 48.8 Å². The summed E-state index contributed by atoms with van der Waals surface area (Å²) in [6.07, 6.45) is 6.59. The van der Waals surface area contributed by atoms with Crippen molar-refractivity contribution in [3.63, 3.8) is 0 Å². The molecule has 1 amide bonds. The summed E-state index contributed by atoms with van der Waals surface area (Å²) >= 11 is 0. The number of hydrogen-bond acceptors (Lipinski definition) is 3. The first kappa shape index (κ1) is 17.6. The van der Waals surface area contributed by atoms with E-state index in [1.165, 1.54) is 12.1 Å². The summed E-state index contributed by atoms with van der Waals surface area (Å²) < 4.78 is 17.1. The Morgan fingerprint density at radius 1 is 1.31 bits per heavy atom. The molecule has 3 aromatic rings. The van der Waals surface area contributed by atoms with Crippen LogP contribution in [0.25, 0.3) is 6.08 Å². The Labute approximate surface area is 151 Å². The van der Waals surface area contributed by atoms with E-state index in [0.717, 1.165) is 17.8 Å². The first-order valence-corrected chi connectivity index (χ1v) is 8.35. The Bertz CT molecular complexity index is 941. The minimum atomic E-state index is -0.287. The smallest absolute Gasteiger partial charge is 0.249 e. The summed E-state index contributed by atoms with van der Waals surface area (Å²) in [7, 11) is 0. The van der Waals surface area contributed by atoms with E-state index in [4.69, 9.17) is 0 Å². The number of benzene rings is 1. The van der Waals surface area contributed by atoms with Gasteiger partial charge in [0.15, 0.2) is 5.82 Å². The SMILES string of the molecule is CCn1ncc(/C=C/C(=O)Nc2ccn(Cc3ccccc3F)n2)c1C. The summed E-state index contributed by atoms with van der Waals surface area (Å²) in [6, 6.07) is 8.21. The van der Waals surface area contributed by atoms with Crippen LogP contribution in [-0.4, -0.2) is 25.5 Å². The third-order valence-electron chi connectivity index (χ3n) is 4.04. The van der Waals surface area contributed by atoms with Gasteiger partial charge < -0.3 is 5.32 Å². The lowest BCUT2D eigenvalue weighted by molar-refractivity contribution is -0.111. The highest BCUT2D eigenvalue weighted by Crippen LogP contribution is 2.11. The van der Waals surface area contributed by atoms with Crippen LogP contribution in [0.1, 0.15) is 23.7 Å². The molecule has 0 saturated carbocycles. The summed E-state index contributed by atoms with van der Waals surface area (Å²) in [4.78, 5) is 12.1. The summed E-state index contributed by atoms with van der Waals surface area (Å²) in [5, 5.41) is 11.2. The van der Waals surface area contributed by atoms with Crippen molar-refractivity contribution in [3.8, 4) is 0 Å². The van der Waals surface area contributed by atoms with E-state index in [-0.39, 0.29) is 11.7 Å². The van der Waals surface area contributed by atoms with Crippen molar-refractivity contribution in [1.29, 1.82) is 0 Å². The average Bonchev–Trinajstić information content (AvgIpc) is 3.21. The van der Waals surface area contributed by atoms with Crippen molar-refractivity contribution in [2.75, 3.05) is 5.32 Å². The summed E-state index contributed by atoms with van der Waals surface area (Å²) in [5.74, 6) is -0.152. The van der Waals surface area contributed by atoms with Crippen molar-refractivity contribution in [2.24, 2.45) is 0 Å². The molecule has 2 aromatic heterocycles. The maximum absolute atomic E-state index is 13.7. The first-order valence-electron chi connectivity index (χ1n) is 8.35. The molecule has 0 bridgehead atoms. The number of halogens is 1.